The van der Waals surface area contributed by atoms with Crippen LogP contribution in [0.3, 0.4) is 0 Å². The van der Waals surface area contributed by atoms with Gasteiger partial charge in [-0.15, -0.1) is 0 Å². The lowest BCUT2D eigenvalue weighted by Crippen LogP contribution is -2.10. The summed E-state index contributed by atoms with van der Waals surface area (Å²) in [5.41, 5.74) is 0.847. The molecule has 0 aliphatic rings. The molecule has 0 aliphatic heterocycles. The number of aromatic amines is 1. The molecule has 8 heteroatoms. The molecule has 8 nitrogen and oxygen atoms in total. The van der Waals surface area contributed by atoms with Crippen LogP contribution in [0.1, 0.15) is 51.0 Å². The second kappa shape index (κ2) is 9.41. The number of carbonyl (C=O) groups is 1. The molecule has 0 atom stereocenters. The Morgan fingerprint density at radius 2 is 1.88 bits per heavy atom. The van der Waals surface area contributed by atoms with Crippen molar-refractivity contribution in [1.82, 2.24) is 24.4 Å². The highest BCUT2D eigenvalue weighted by atomic mass is 16.4. The predicted molar refractivity (Wildman–Crippen MR) is 96.9 cm³/mol. The van der Waals surface area contributed by atoms with Crippen molar-refractivity contribution in [2.75, 3.05) is 0 Å². The Morgan fingerprint density at radius 1 is 1.24 bits per heavy atom. The van der Waals surface area contributed by atoms with Gasteiger partial charge in [-0.1, -0.05) is 40.5 Å². The van der Waals surface area contributed by atoms with E-state index in [1.807, 2.05) is 13.8 Å². The minimum Gasteiger partial charge on any atom is -0.476 e. The SMILES string of the molecule is CC.CCCC.Cn1cc(-c2cn3nc(C(=O)O)cc3c(=O)[nH]2)cn1. The maximum atomic E-state index is 11.9. The molecule has 2 N–H and O–H groups in total. The molecule has 0 saturated carbocycles. The summed E-state index contributed by atoms with van der Waals surface area (Å²) in [6.07, 6.45) is 7.53. The average Bonchev–Trinajstić information content (AvgIpc) is 3.23. The Morgan fingerprint density at radius 3 is 2.36 bits per heavy atom. The third kappa shape index (κ3) is 5.03. The quantitative estimate of drug-likeness (QED) is 0.758. The van der Waals surface area contributed by atoms with Gasteiger partial charge in [0.1, 0.15) is 5.52 Å². The van der Waals surface area contributed by atoms with Crippen LogP contribution in [0.25, 0.3) is 16.8 Å². The molecule has 0 aliphatic carbocycles. The summed E-state index contributed by atoms with van der Waals surface area (Å²) in [6, 6.07) is 1.23. The fraction of sp³-hybridized carbons (Fsp3) is 0.412. The van der Waals surface area contributed by atoms with Crippen LogP contribution in [0, 0.1) is 0 Å². The molecule has 0 amide bonds. The number of H-pyrrole nitrogens is 1. The van der Waals surface area contributed by atoms with Gasteiger partial charge in [-0.3, -0.25) is 9.48 Å². The first-order valence-electron chi connectivity index (χ1n) is 8.31. The van der Waals surface area contributed by atoms with Gasteiger partial charge < -0.3 is 10.1 Å². The molecule has 3 aromatic rings. The van der Waals surface area contributed by atoms with E-state index in [4.69, 9.17) is 5.11 Å². The zero-order valence-electron chi connectivity index (χ0n) is 15.3. The predicted octanol–water partition coefficient (Wildman–Crippen LogP) is 2.95. The van der Waals surface area contributed by atoms with Gasteiger partial charge in [0.2, 0.25) is 0 Å². The summed E-state index contributed by atoms with van der Waals surface area (Å²) in [6.45, 7) is 8.36. The number of fused-ring (bicyclic) bond motifs is 1. The summed E-state index contributed by atoms with van der Waals surface area (Å²) in [4.78, 5) is 25.4. The Hall–Kier alpha value is -2.90. The number of aryl methyl sites for hydroxylation is 1. The molecule has 136 valence electrons. The van der Waals surface area contributed by atoms with Crippen molar-refractivity contribution in [3.63, 3.8) is 0 Å². The van der Waals surface area contributed by atoms with Gasteiger partial charge in [0, 0.05) is 24.9 Å². The lowest BCUT2D eigenvalue weighted by atomic mass is 10.3. The van der Waals surface area contributed by atoms with Crippen LogP contribution in [0.4, 0.5) is 0 Å². The second-order valence-corrected chi connectivity index (χ2v) is 5.06. The number of carboxylic acid groups (broad SMARTS) is 1. The van der Waals surface area contributed by atoms with E-state index in [9.17, 15) is 9.59 Å². The molecule has 3 heterocycles. The average molecular weight is 347 g/mol. The summed E-state index contributed by atoms with van der Waals surface area (Å²) < 4.78 is 2.86. The van der Waals surface area contributed by atoms with Crippen LogP contribution in [-0.2, 0) is 7.05 Å². The summed E-state index contributed by atoms with van der Waals surface area (Å²) in [5.74, 6) is -1.17. The van der Waals surface area contributed by atoms with Crippen LogP contribution < -0.4 is 5.56 Å². The van der Waals surface area contributed by atoms with E-state index in [1.54, 1.807) is 30.3 Å². The lowest BCUT2D eigenvalue weighted by Gasteiger charge is -1.98. The highest BCUT2D eigenvalue weighted by Gasteiger charge is 2.12. The molecular weight excluding hydrogens is 322 g/mol. The van der Waals surface area contributed by atoms with Crippen LogP contribution >= 0.6 is 0 Å². The minimum atomic E-state index is -1.17. The molecule has 0 spiro atoms. The Bertz CT molecular complexity index is 874. The topological polar surface area (TPSA) is 105 Å². The monoisotopic (exact) mass is 347 g/mol. The number of aromatic carboxylic acids is 1. The zero-order chi connectivity index (χ0) is 19.0. The Labute approximate surface area is 146 Å². The maximum absolute atomic E-state index is 11.9. The molecule has 0 aromatic carbocycles. The van der Waals surface area contributed by atoms with E-state index in [0.717, 1.165) is 0 Å². The van der Waals surface area contributed by atoms with Gasteiger partial charge in [0.25, 0.3) is 5.56 Å². The van der Waals surface area contributed by atoms with Crippen molar-refractivity contribution >= 4 is 11.5 Å². The van der Waals surface area contributed by atoms with E-state index >= 15 is 0 Å². The molecule has 0 unspecified atom stereocenters. The number of hydrogen-bond donors (Lipinski definition) is 2. The number of aromatic nitrogens is 5. The summed E-state index contributed by atoms with van der Waals surface area (Å²) >= 11 is 0. The lowest BCUT2D eigenvalue weighted by molar-refractivity contribution is 0.0690. The van der Waals surface area contributed by atoms with Crippen molar-refractivity contribution < 1.29 is 9.90 Å². The molecule has 25 heavy (non-hydrogen) atoms. The molecule has 0 bridgehead atoms. The Balaban J connectivity index is 0.000000461. The summed E-state index contributed by atoms with van der Waals surface area (Å²) in [5, 5.41) is 16.7. The normalized spacial score (nSPS) is 9.80. The zero-order valence-corrected chi connectivity index (χ0v) is 15.3. The highest BCUT2D eigenvalue weighted by molar-refractivity contribution is 5.87. The largest absolute Gasteiger partial charge is 0.476 e. The van der Waals surface area contributed by atoms with Gasteiger partial charge in [0.05, 0.1) is 18.1 Å². The van der Waals surface area contributed by atoms with Crippen LogP contribution in [-0.4, -0.2) is 35.5 Å². The van der Waals surface area contributed by atoms with E-state index < -0.39 is 11.5 Å². The number of unbranched alkanes of at least 4 members (excludes halogenated alkanes) is 1. The van der Waals surface area contributed by atoms with E-state index in [-0.39, 0.29) is 11.2 Å². The van der Waals surface area contributed by atoms with Crippen LogP contribution in [0.2, 0.25) is 0 Å². The standard InChI is InChI=1S/C11H9N5O3.C4H10.C2H6/c1-15-4-6(3-12-15)8-5-16-9(10(17)13-8)2-7(14-16)11(18)19;1-3-4-2;1-2/h2-5H,1H3,(H,13,17)(H,18,19);3-4H2,1-2H3;1-2H3. The highest BCUT2D eigenvalue weighted by Crippen LogP contribution is 2.14. The first kappa shape index (κ1) is 20.1. The van der Waals surface area contributed by atoms with Crippen LogP contribution in [0.15, 0.2) is 29.5 Å². The maximum Gasteiger partial charge on any atom is 0.356 e. The number of nitrogens with zero attached hydrogens (tertiary/aromatic N) is 4. The van der Waals surface area contributed by atoms with Crippen molar-refractivity contribution in [3.8, 4) is 11.3 Å². The van der Waals surface area contributed by atoms with Crippen LogP contribution in [0.5, 0.6) is 0 Å². The third-order valence-electron chi connectivity index (χ3n) is 3.20. The fourth-order valence-corrected chi connectivity index (χ4v) is 1.81. The molecule has 0 radical (unpaired) electrons. The molecule has 0 saturated heterocycles. The van der Waals surface area contributed by atoms with E-state index in [2.05, 4.69) is 29.0 Å². The third-order valence-corrected chi connectivity index (χ3v) is 3.20. The van der Waals surface area contributed by atoms with Gasteiger partial charge in [-0.25, -0.2) is 9.31 Å². The first-order valence-corrected chi connectivity index (χ1v) is 8.31. The van der Waals surface area contributed by atoms with Crippen molar-refractivity contribution in [3.05, 3.63) is 40.7 Å². The molecule has 0 fully saturated rings. The number of carboxylic acids is 1. The molecule has 3 aromatic heterocycles. The summed E-state index contributed by atoms with van der Waals surface area (Å²) in [7, 11) is 1.76. The van der Waals surface area contributed by atoms with Crippen molar-refractivity contribution in [2.24, 2.45) is 7.05 Å². The number of nitrogens with one attached hydrogen (secondary N) is 1. The van der Waals surface area contributed by atoms with E-state index in [0.29, 0.717) is 11.3 Å². The first-order chi connectivity index (χ1) is 12.0. The Kier molecular flexibility index (Phi) is 7.58. The second-order valence-electron chi connectivity index (χ2n) is 5.06. The number of hydrogen-bond acceptors (Lipinski definition) is 4. The van der Waals surface area contributed by atoms with Crippen molar-refractivity contribution in [1.29, 1.82) is 0 Å². The van der Waals surface area contributed by atoms with Crippen molar-refractivity contribution in [2.45, 2.75) is 40.5 Å². The smallest absolute Gasteiger partial charge is 0.356 e. The minimum absolute atomic E-state index is 0.172. The van der Waals surface area contributed by atoms with Gasteiger partial charge in [-0.05, 0) is 0 Å². The van der Waals surface area contributed by atoms with Gasteiger partial charge in [-0.2, -0.15) is 10.2 Å². The number of rotatable bonds is 3. The van der Waals surface area contributed by atoms with Gasteiger partial charge >= 0.3 is 5.97 Å². The molecule has 3 rings (SSSR count). The molecular formula is C17H25N5O3. The fourth-order valence-electron chi connectivity index (χ4n) is 1.81. The van der Waals surface area contributed by atoms with Gasteiger partial charge in [0.15, 0.2) is 5.69 Å². The van der Waals surface area contributed by atoms with E-state index in [1.165, 1.54) is 23.4 Å².